The maximum atomic E-state index is 10.7. The molecule has 1 heterocycles. The third kappa shape index (κ3) is 4.05. The van der Waals surface area contributed by atoms with Gasteiger partial charge in [-0.25, -0.2) is 0 Å². The van der Waals surface area contributed by atoms with Gasteiger partial charge in [-0.05, 0) is 24.5 Å². The molecule has 1 aromatic rings. The summed E-state index contributed by atoms with van der Waals surface area (Å²) < 4.78 is 5.71. The summed E-state index contributed by atoms with van der Waals surface area (Å²) in [5.74, 6) is -0.786. The van der Waals surface area contributed by atoms with Crippen LogP contribution < -0.4 is 0 Å². The van der Waals surface area contributed by atoms with Crippen LogP contribution in [0.25, 0.3) is 0 Å². The molecule has 20 heavy (non-hydrogen) atoms. The van der Waals surface area contributed by atoms with E-state index in [9.17, 15) is 4.79 Å². The van der Waals surface area contributed by atoms with E-state index in [2.05, 4.69) is 18.7 Å². The Morgan fingerprint density at radius 2 is 2.00 bits per heavy atom. The summed E-state index contributed by atoms with van der Waals surface area (Å²) in [6.07, 6.45) is 1.46. The number of carbonyl (C=O) groups is 1. The van der Waals surface area contributed by atoms with Crippen molar-refractivity contribution in [3.8, 4) is 0 Å². The van der Waals surface area contributed by atoms with Crippen LogP contribution in [0.2, 0.25) is 0 Å². The highest BCUT2D eigenvalue weighted by atomic mass is 16.5. The second-order valence-electron chi connectivity index (χ2n) is 5.52. The fourth-order valence-electron chi connectivity index (χ4n) is 2.65. The molecule has 1 saturated heterocycles. The molecule has 110 valence electrons. The highest BCUT2D eigenvalue weighted by Crippen LogP contribution is 2.18. The summed E-state index contributed by atoms with van der Waals surface area (Å²) in [5.41, 5.74) is 2.08. The normalized spacial score (nSPS) is 23.7. The number of hydrogen-bond acceptors (Lipinski definition) is 3. The molecular formula is C16H23NO3. The molecule has 0 saturated carbocycles. The molecule has 4 nitrogen and oxygen atoms in total. The lowest BCUT2D eigenvalue weighted by Crippen LogP contribution is -2.47. The van der Waals surface area contributed by atoms with Crippen LogP contribution in [0.5, 0.6) is 0 Å². The first-order valence-corrected chi connectivity index (χ1v) is 7.23. The topological polar surface area (TPSA) is 49.8 Å². The third-order valence-corrected chi connectivity index (χ3v) is 3.82. The zero-order chi connectivity index (χ0) is 14.5. The summed E-state index contributed by atoms with van der Waals surface area (Å²) in [5, 5.41) is 8.77. The summed E-state index contributed by atoms with van der Waals surface area (Å²) in [4.78, 5) is 13.1. The molecule has 2 rings (SSSR count). The molecule has 2 unspecified atom stereocenters. The van der Waals surface area contributed by atoms with E-state index >= 15 is 0 Å². The van der Waals surface area contributed by atoms with Gasteiger partial charge in [-0.1, -0.05) is 31.2 Å². The van der Waals surface area contributed by atoms with Crippen molar-refractivity contribution in [2.75, 3.05) is 13.2 Å². The molecule has 1 aliphatic rings. The number of carboxylic acid groups (broad SMARTS) is 1. The number of carboxylic acids is 1. The Kier molecular flexibility index (Phi) is 5.15. The van der Waals surface area contributed by atoms with Crippen molar-refractivity contribution in [3.05, 3.63) is 35.4 Å². The quantitative estimate of drug-likeness (QED) is 0.897. The Labute approximate surface area is 120 Å². The monoisotopic (exact) mass is 277 g/mol. The van der Waals surface area contributed by atoms with Crippen molar-refractivity contribution in [2.24, 2.45) is 0 Å². The van der Waals surface area contributed by atoms with Gasteiger partial charge in [0, 0.05) is 19.1 Å². The minimum absolute atomic E-state index is 0.0897. The largest absolute Gasteiger partial charge is 0.481 e. The lowest BCUT2D eigenvalue weighted by Gasteiger charge is -2.38. The predicted molar refractivity (Wildman–Crippen MR) is 77.7 cm³/mol. The van der Waals surface area contributed by atoms with Gasteiger partial charge in [0.05, 0.1) is 19.1 Å². The van der Waals surface area contributed by atoms with Gasteiger partial charge in [0.2, 0.25) is 0 Å². The van der Waals surface area contributed by atoms with Crippen molar-refractivity contribution in [2.45, 2.75) is 45.4 Å². The summed E-state index contributed by atoms with van der Waals surface area (Å²) in [6.45, 7) is 6.95. The number of ether oxygens (including phenoxy) is 1. The van der Waals surface area contributed by atoms with Gasteiger partial charge < -0.3 is 9.84 Å². The van der Waals surface area contributed by atoms with Crippen LogP contribution >= 0.6 is 0 Å². The van der Waals surface area contributed by atoms with Gasteiger partial charge in [-0.2, -0.15) is 0 Å². The van der Waals surface area contributed by atoms with Crippen molar-refractivity contribution in [3.63, 3.8) is 0 Å². The molecule has 1 aliphatic heterocycles. The van der Waals surface area contributed by atoms with Crippen LogP contribution in [-0.4, -0.2) is 41.3 Å². The third-order valence-electron chi connectivity index (χ3n) is 3.82. The van der Waals surface area contributed by atoms with Gasteiger partial charge in [-0.15, -0.1) is 0 Å². The van der Waals surface area contributed by atoms with Crippen molar-refractivity contribution < 1.29 is 14.6 Å². The fourth-order valence-corrected chi connectivity index (χ4v) is 2.65. The molecule has 1 N–H and O–H groups in total. The molecule has 1 aromatic carbocycles. The molecule has 2 atom stereocenters. The second kappa shape index (κ2) is 6.86. The maximum absolute atomic E-state index is 10.7. The zero-order valence-corrected chi connectivity index (χ0v) is 12.2. The molecule has 4 heteroatoms. The van der Waals surface area contributed by atoms with Gasteiger partial charge in [-0.3, -0.25) is 9.69 Å². The summed E-state index contributed by atoms with van der Waals surface area (Å²) in [7, 11) is 0. The highest BCUT2D eigenvalue weighted by Gasteiger charge is 2.25. The zero-order valence-electron chi connectivity index (χ0n) is 12.2. The first-order chi connectivity index (χ1) is 9.58. The lowest BCUT2D eigenvalue weighted by atomic mass is 10.1. The maximum Gasteiger partial charge on any atom is 0.307 e. The molecule has 0 radical (unpaired) electrons. The van der Waals surface area contributed by atoms with Gasteiger partial charge >= 0.3 is 5.97 Å². The number of hydrogen-bond donors (Lipinski definition) is 1. The van der Waals surface area contributed by atoms with Crippen LogP contribution in [0.15, 0.2) is 24.3 Å². The van der Waals surface area contributed by atoms with E-state index in [0.29, 0.717) is 6.04 Å². The minimum Gasteiger partial charge on any atom is -0.481 e. The Bertz CT molecular complexity index is 444. The van der Waals surface area contributed by atoms with E-state index in [4.69, 9.17) is 9.84 Å². The first-order valence-electron chi connectivity index (χ1n) is 7.23. The number of aliphatic carboxylic acids is 1. The SMILES string of the molecule is CCC1COC(C)CN1Cc1ccc(CC(=O)O)cc1. The standard InChI is InChI=1S/C16H23NO3/c1-3-15-11-20-12(2)9-17(15)10-14-6-4-13(5-7-14)8-16(18)19/h4-7,12,15H,3,8-11H2,1-2H3,(H,18,19). The molecule has 0 bridgehead atoms. The number of morpholine rings is 1. The minimum atomic E-state index is -0.786. The van der Waals surface area contributed by atoms with Crippen LogP contribution in [0.3, 0.4) is 0 Å². The van der Waals surface area contributed by atoms with Gasteiger partial charge in [0.25, 0.3) is 0 Å². The Hall–Kier alpha value is -1.39. The molecule has 1 fully saturated rings. The molecular weight excluding hydrogens is 254 g/mol. The molecule has 0 aliphatic carbocycles. The average molecular weight is 277 g/mol. The van der Waals surface area contributed by atoms with E-state index in [-0.39, 0.29) is 12.5 Å². The van der Waals surface area contributed by atoms with E-state index in [0.717, 1.165) is 31.7 Å². The van der Waals surface area contributed by atoms with Crippen molar-refractivity contribution >= 4 is 5.97 Å². The summed E-state index contributed by atoms with van der Waals surface area (Å²) in [6, 6.07) is 8.36. The van der Waals surface area contributed by atoms with Gasteiger partial charge in [0.15, 0.2) is 0 Å². The highest BCUT2D eigenvalue weighted by molar-refractivity contribution is 5.70. The summed E-state index contributed by atoms with van der Waals surface area (Å²) >= 11 is 0. The van der Waals surface area contributed by atoms with Crippen LogP contribution in [0.1, 0.15) is 31.4 Å². The van der Waals surface area contributed by atoms with E-state index in [1.807, 2.05) is 24.3 Å². The van der Waals surface area contributed by atoms with Crippen LogP contribution in [0, 0.1) is 0 Å². The van der Waals surface area contributed by atoms with Crippen LogP contribution in [-0.2, 0) is 22.5 Å². The van der Waals surface area contributed by atoms with E-state index in [1.54, 1.807) is 0 Å². The first kappa shape index (κ1) is 15.0. The average Bonchev–Trinajstić information content (AvgIpc) is 2.41. The Balaban J connectivity index is 1.99. The van der Waals surface area contributed by atoms with E-state index < -0.39 is 5.97 Å². The number of nitrogens with zero attached hydrogens (tertiary/aromatic N) is 1. The number of benzene rings is 1. The molecule has 0 amide bonds. The van der Waals surface area contributed by atoms with Crippen molar-refractivity contribution in [1.29, 1.82) is 0 Å². The predicted octanol–water partition coefficient (Wildman–Crippen LogP) is 2.31. The smallest absolute Gasteiger partial charge is 0.307 e. The fraction of sp³-hybridized carbons (Fsp3) is 0.562. The lowest BCUT2D eigenvalue weighted by molar-refractivity contribution is -0.136. The molecule has 0 spiro atoms. The molecule has 0 aromatic heterocycles. The Morgan fingerprint density at radius 3 is 2.60 bits per heavy atom. The Morgan fingerprint density at radius 1 is 1.35 bits per heavy atom. The van der Waals surface area contributed by atoms with Crippen LogP contribution in [0.4, 0.5) is 0 Å². The second-order valence-corrected chi connectivity index (χ2v) is 5.52. The van der Waals surface area contributed by atoms with E-state index in [1.165, 1.54) is 5.56 Å². The van der Waals surface area contributed by atoms with Crippen molar-refractivity contribution in [1.82, 2.24) is 4.90 Å². The number of rotatable bonds is 5. The van der Waals surface area contributed by atoms with Gasteiger partial charge in [0.1, 0.15) is 0 Å².